The normalized spacial score (nSPS) is 11.4. The number of aryl methyl sites for hydroxylation is 2. The van der Waals surface area contributed by atoms with Crippen LogP contribution < -0.4 is 10.5 Å². The van der Waals surface area contributed by atoms with E-state index in [9.17, 15) is 10.2 Å². The molecule has 0 heterocycles. The van der Waals surface area contributed by atoms with Crippen molar-refractivity contribution in [3.05, 3.63) is 83.9 Å². The van der Waals surface area contributed by atoms with Gasteiger partial charge < -0.3 is 20.7 Å². The topological polar surface area (TPSA) is 75.7 Å². The summed E-state index contributed by atoms with van der Waals surface area (Å²) in [5.41, 5.74) is 9.57. The monoisotopic (exact) mass is 377 g/mol. The molecule has 0 aliphatic rings. The maximum atomic E-state index is 9.29. The van der Waals surface area contributed by atoms with Crippen molar-refractivity contribution in [2.45, 2.75) is 25.3 Å². The average molecular weight is 377 g/mol. The highest BCUT2D eigenvalue weighted by Crippen LogP contribution is 2.26. The van der Waals surface area contributed by atoms with Crippen LogP contribution in [0.4, 0.5) is 0 Å². The van der Waals surface area contributed by atoms with Crippen LogP contribution in [0.25, 0.3) is 11.1 Å². The number of aliphatic hydroxyl groups is 2. The molecule has 3 aromatic carbocycles. The number of aliphatic hydroxyl groups excluding tert-OH is 2. The van der Waals surface area contributed by atoms with Crippen LogP contribution in [0.15, 0.2) is 72.8 Å². The van der Waals surface area contributed by atoms with Gasteiger partial charge in [-0.15, -0.1) is 0 Å². The third kappa shape index (κ3) is 5.20. The molecular formula is C24H27NO3. The molecule has 0 saturated carbocycles. The van der Waals surface area contributed by atoms with Crippen LogP contribution in [-0.4, -0.2) is 29.0 Å². The molecule has 4 N–H and O–H groups in total. The standard InChI is InChI=1S/C24H27NO3/c1-18-2-10-22(11-3-18)28-23-12-8-21(9-13-23)20-6-4-19(5-7-20)14-15-24(25,16-26)17-27/h2-13,26-27H,14-17,25H2,1H3. The van der Waals surface area contributed by atoms with E-state index in [2.05, 4.69) is 31.2 Å². The third-order valence-electron chi connectivity index (χ3n) is 4.94. The number of nitrogens with two attached hydrogens (primary N) is 1. The van der Waals surface area contributed by atoms with E-state index in [0.717, 1.165) is 28.2 Å². The maximum absolute atomic E-state index is 9.29. The van der Waals surface area contributed by atoms with Crippen LogP contribution in [0.3, 0.4) is 0 Å². The molecule has 0 bridgehead atoms. The fourth-order valence-electron chi connectivity index (χ4n) is 2.92. The van der Waals surface area contributed by atoms with Gasteiger partial charge in [-0.05, 0) is 60.7 Å². The predicted octanol–water partition coefficient (Wildman–Crippen LogP) is 4.07. The summed E-state index contributed by atoms with van der Waals surface area (Å²) < 4.78 is 5.88. The number of hydrogen-bond donors (Lipinski definition) is 3. The van der Waals surface area contributed by atoms with E-state index in [1.807, 2.05) is 48.5 Å². The Balaban J connectivity index is 1.63. The summed E-state index contributed by atoms with van der Waals surface area (Å²) in [6.07, 6.45) is 1.24. The molecule has 3 aromatic rings. The molecule has 0 aliphatic heterocycles. The minimum atomic E-state index is -0.925. The average Bonchev–Trinajstić information content (AvgIpc) is 2.75. The smallest absolute Gasteiger partial charge is 0.127 e. The summed E-state index contributed by atoms with van der Waals surface area (Å²) in [5.74, 6) is 1.63. The number of rotatable bonds is 8. The first kappa shape index (κ1) is 20.1. The summed E-state index contributed by atoms with van der Waals surface area (Å²) in [4.78, 5) is 0. The van der Waals surface area contributed by atoms with Crippen molar-refractivity contribution in [2.24, 2.45) is 5.73 Å². The van der Waals surface area contributed by atoms with Crippen LogP contribution in [0.2, 0.25) is 0 Å². The van der Waals surface area contributed by atoms with Crippen LogP contribution >= 0.6 is 0 Å². The fraction of sp³-hybridized carbons (Fsp3) is 0.250. The Morgan fingerprint density at radius 1 is 0.750 bits per heavy atom. The maximum Gasteiger partial charge on any atom is 0.127 e. The SMILES string of the molecule is Cc1ccc(Oc2ccc(-c3ccc(CCC(N)(CO)CO)cc3)cc2)cc1. The molecule has 28 heavy (non-hydrogen) atoms. The van der Waals surface area contributed by atoms with Crippen molar-refractivity contribution in [3.8, 4) is 22.6 Å². The summed E-state index contributed by atoms with van der Waals surface area (Å²) in [6, 6.07) is 24.3. The Morgan fingerprint density at radius 3 is 1.71 bits per heavy atom. The molecule has 0 unspecified atom stereocenters. The second kappa shape index (κ2) is 9.02. The summed E-state index contributed by atoms with van der Waals surface area (Å²) >= 11 is 0. The molecule has 0 aliphatic carbocycles. The highest BCUT2D eigenvalue weighted by Gasteiger charge is 2.22. The van der Waals surface area contributed by atoms with Gasteiger partial charge in [0.1, 0.15) is 11.5 Å². The first-order chi connectivity index (χ1) is 13.5. The number of ether oxygens (including phenoxy) is 1. The Kier molecular flexibility index (Phi) is 6.47. The largest absolute Gasteiger partial charge is 0.457 e. The highest BCUT2D eigenvalue weighted by molar-refractivity contribution is 5.64. The lowest BCUT2D eigenvalue weighted by molar-refractivity contribution is 0.115. The number of benzene rings is 3. The Bertz CT molecular complexity index is 867. The molecule has 4 nitrogen and oxygen atoms in total. The highest BCUT2D eigenvalue weighted by atomic mass is 16.5. The Labute approximate surface area is 166 Å². The molecule has 0 amide bonds. The zero-order valence-corrected chi connectivity index (χ0v) is 16.1. The molecule has 0 atom stereocenters. The van der Waals surface area contributed by atoms with Crippen molar-refractivity contribution in [2.75, 3.05) is 13.2 Å². The van der Waals surface area contributed by atoms with E-state index in [0.29, 0.717) is 12.8 Å². The van der Waals surface area contributed by atoms with Crippen molar-refractivity contribution in [3.63, 3.8) is 0 Å². The molecule has 0 radical (unpaired) electrons. The molecular weight excluding hydrogens is 350 g/mol. The fourth-order valence-corrected chi connectivity index (χ4v) is 2.92. The molecule has 0 fully saturated rings. The predicted molar refractivity (Wildman–Crippen MR) is 113 cm³/mol. The van der Waals surface area contributed by atoms with Gasteiger partial charge in [-0.3, -0.25) is 0 Å². The minimum Gasteiger partial charge on any atom is -0.457 e. The van der Waals surface area contributed by atoms with Gasteiger partial charge in [-0.2, -0.15) is 0 Å². The van der Waals surface area contributed by atoms with Crippen molar-refractivity contribution < 1.29 is 14.9 Å². The van der Waals surface area contributed by atoms with E-state index in [-0.39, 0.29) is 13.2 Å². The Hall–Kier alpha value is -2.66. The summed E-state index contributed by atoms with van der Waals surface area (Å²) in [7, 11) is 0. The zero-order valence-electron chi connectivity index (χ0n) is 16.1. The first-order valence-corrected chi connectivity index (χ1v) is 9.46. The van der Waals surface area contributed by atoms with Gasteiger partial charge in [0, 0.05) is 0 Å². The summed E-state index contributed by atoms with van der Waals surface area (Å²) in [6.45, 7) is 1.60. The van der Waals surface area contributed by atoms with Gasteiger partial charge in [0.2, 0.25) is 0 Å². The van der Waals surface area contributed by atoms with Gasteiger partial charge in [-0.25, -0.2) is 0 Å². The lowest BCUT2D eigenvalue weighted by atomic mass is 9.93. The minimum absolute atomic E-state index is 0.224. The van der Waals surface area contributed by atoms with Gasteiger partial charge in [0.25, 0.3) is 0 Å². The van der Waals surface area contributed by atoms with E-state index < -0.39 is 5.54 Å². The van der Waals surface area contributed by atoms with Crippen LogP contribution in [0.1, 0.15) is 17.5 Å². The van der Waals surface area contributed by atoms with E-state index >= 15 is 0 Å². The lowest BCUT2D eigenvalue weighted by Gasteiger charge is -2.24. The van der Waals surface area contributed by atoms with Crippen molar-refractivity contribution >= 4 is 0 Å². The van der Waals surface area contributed by atoms with E-state index in [1.54, 1.807) is 0 Å². The van der Waals surface area contributed by atoms with E-state index in [1.165, 1.54) is 5.56 Å². The Morgan fingerprint density at radius 2 is 1.21 bits per heavy atom. The van der Waals surface area contributed by atoms with Crippen LogP contribution in [0, 0.1) is 6.92 Å². The molecule has 0 spiro atoms. The van der Waals surface area contributed by atoms with E-state index in [4.69, 9.17) is 10.5 Å². The van der Waals surface area contributed by atoms with Gasteiger partial charge in [0.05, 0.1) is 18.8 Å². The van der Waals surface area contributed by atoms with Crippen LogP contribution in [0.5, 0.6) is 11.5 Å². The second-order valence-electron chi connectivity index (χ2n) is 7.32. The third-order valence-corrected chi connectivity index (χ3v) is 4.94. The van der Waals surface area contributed by atoms with Gasteiger partial charge in [0.15, 0.2) is 0 Å². The summed E-state index contributed by atoms with van der Waals surface area (Å²) in [5, 5.41) is 18.6. The second-order valence-corrected chi connectivity index (χ2v) is 7.32. The van der Waals surface area contributed by atoms with Gasteiger partial charge in [-0.1, -0.05) is 54.1 Å². The molecule has 3 rings (SSSR count). The van der Waals surface area contributed by atoms with Gasteiger partial charge >= 0.3 is 0 Å². The van der Waals surface area contributed by atoms with Crippen LogP contribution in [-0.2, 0) is 6.42 Å². The quantitative estimate of drug-likeness (QED) is 0.553. The van der Waals surface area contributed by atoms with Crippen molar-refractivity contribution in [1.82, 2.24) is 0 Å². The molecule has 146 valence electrons. The number of hydrogen-bond acceptors (Lipinski definition) is 4. The lowest BCUT2D eigenvalue weighted by Crippen LogP contribution is -2.47. The molecule has 4 heteroatoms. The molecule has 0 aromatic heterocycles. The zero-order chi connectivity index (χ0) is 20.0. The van der Waals surface area contributed by atoms with Crippen molar-refractivity contribution in [1.29, 1.82) is 0 Å². The molecule has 0 saturated heterocycles. The first-order valence-electron chi connectivity index (χ1n) is 9.46.